The number of fused-ring (bicyclic) bond motifs is 1. The lowest BCUT2D eigenvalue weighted by Crippen LogP contribution is -2.52. The van der Waals surface area contributed by atoms with Crippen molar-refractivity contribution in [2.45, 2.75) is 20.0 Å². The summed E-state index contributed by atoms with van der Waals surface area (Å²) in [6.45, 7) is 6.27. The summed E-state index contributed by atoms with van der Waals surface area (Å²) in [4.78, 5) is 26.3. The van der Waals surface area contributed by atoms with E-state index in [-0.39, 0.29) is 5.91 Å². The number of halogens is 2. The minimum Gasteiger partial charge on any atom is -0.479 e. The van der Waals surface area contributed by atoms with E-state index in [1.165, 1.54) is 0 Å². The zero-order valence-electron chi connectivity index (χ0n) is 16.8. The zero-order valence-corrected chi connectivity index (χ0v) is 18.3. The summed E-state index contributed by atoms with van der Waals surface area (Å²) in [5.74, 6) is 1.25. The van der Waals surface area contributed by atoms with Crippen molar-refractivity contribution in [2.75, 3.05) is 31.1 Å². The molecule has 8 heteroatoms. The summed E-state index contributed by atoms with van der Waals surface area (Å²) in [6, 6.07) is 12.8. The molecule has 1 aromatic heterocycles. The maximum absolute atomic E-state index is 12.9. The number of ether oxygens (including phenoxy) is 1. The monoisotopic (exact) mass is 444 g/mol. The lowest BCUT2D eigenvalue weighted by molar-refractivity contribution is -0.138. The van der Waals surface area contributed by atoms with Crippen LogP contribution in [-0.4, -0.2) is 53.1 Å². The largest absolute Gasteiger partial charge is 0.479 e. The van der Waals surface area contributed by atoms with Gasteiger partial charge in [-0.05, 0) is 44.2 Å². The molecule has 156 valence electrons. The fourth-order valence-electron chi connectivity index (χ4n) is 3.59. The van der Waals surface area contributed by atoms with Crippen molar-refractivity contribution < 1.29 is 9.53 Å². The molecule has 0 bridgehead atoms. The Hall–Kier alpha value is -2.57. The maximum atomic E-state index is 12.9. The van der Waals surface area contributed by atoms with Crippen LogP contribution < -0.4 is 9.64 Å². The molecule has 1 aliphatic rings. The van der Waals surface area contributed by atoms with Crippen LogP contribution in [0.2, 0.25) is 10.0 Å². The highest BCUT2D eigenvalue weighted by molar-refractivity contribution is 6.35. The maximum Gasteiger partial charge on any atom is 0.263 e. The Balaban J connectivity index is 1.40. The van der Waals surface area contributed by atoms with E-state index in [1.54, 1.807) is 25.1 Å². The lowest BCUT2D eigenvalue weighted by Gasteiger charge is -2.36. The Labute approximate surface area is 185 Å². The van der Waals surface area contributed by atoms with E-state index in [9.17, 15) is 4.79 Å². The molecule has 1 fully saturated rings. The number of carbonyl (C=O) groups excluding carboxylic acids is 1. The van der Waals surface area contributed by atoms with Gasteiger partial charge < -0.3 is 14.5 Å². The molecule has 1 amide bonds. The Bertz CT molecular complexity index is 1080. The quantitative estimate of drug-likeness (QED) is 0.597. The van der Waals surface area contributed by atoms with E-state index in [2.05, 4.69) is 9.88 Å². The molecule has 1 atom stereocenters. The Morgan fingerprint density at radius 1 is 1.03 bits per heavy atom. The van der Waals surface area contributed by atoms with Crippen LogP contribution in [0, 0.1) is 6.92 Å². The van der Waals surface area contributed by atoms with E-state index in [1.807, 2.05) is 36.1 Å². The van der Waals surface area contributed by atoms with Gasteiger partial charge in [0.05, 0.1) is 21.7 Å². The first kappa shape index (κ1) is 20.7. The van der Waals surface area contributed by atoms with E-state index >= 15 is 0 Å². The zero-order chi connectivity index (χ0) is 21.3. The fraction of sp³-hybridized carbons (Fsp3) is 0.318. The predicted octanol–water partition coefficient (Wildman–Crippen LogP) is 4.36. The van der Waals surface area contributed by atoms with E-state index < -0.39 is 6.10 Å². The Morgan fingerprint density at radius 3 is 2.37 bits per heavy atom. The van der Waals surface area contributed by atoms with Crippen molar-refractivity contribution in [2.24, 2.45) is 0 Å². The molecule has 1 saturated heterocycles. The van der Waals surface area contributed by atoms with Gasteiger partial charge in [0.15, 0.2) is 11.9 Å². The van der Waals surface area contributed by atoms with Gasteiger partial charge in [0, 0.05) is 31.2 Å². The van der Waals surface area contributed by atoms with Gasteiger partial charge in [-0.1, -0.05) is 35.3 Å². The molecule has 0 aliphatic carbocycles. The van der Waals surface area contributed by atoms with Gasteiger partial charge in [-0.2, -0.15) is 0 Å². The van der Waals surface area contributed by atoms with Crippen molar-refractivity contribution in [3.05, 3.63) is 58.2 Å². The van der Waals surface area contributed by atoms with Crippen molar-refractivity contribution in [1.82, 2.24) is 14.9 Å². The van der Waals surface area contributed by atoms with Gasteiger partial charge in [-0.25, -0.2) is 9.97 Å². The van der Waals surface area contributed by atoms with E-state index in [0.29, 0.717) is 42.0 Å². The number of hydrogen-bond acceptors (Lipinski definition) is 5. The fourth-order valence-corrected chi connectivity index (χ4v) is 4.04. The van der Waals surface area contributed by atoms with Gasteiger partial charge in [0.25, 0.3) is 5.91 Å². The van der Waals surface area contributed by atoms with Crippen LogP contribution >= 0.6 is 23.2 Å². The van der Waals surface area contributed by atoms with Crippen molar-refractivity contribution in [3.63, 3.8) is 0 Å². The minimum absolute atomic E-state index is 0.0676. The summed E-state index contributed by atoms with van der Waals surface area (Å²) >= 11 is 12.1. The van der Waals surface area contributed by atoms with Crippen molar-refractivity contribution in [1.29, 1.82) is 0 Å². The minimum atomic E-state index is -0.641. The van der Waals surface area contributed by atoms with Crippen LogP contribution in [-0.2, 0) is 4.79 Å². The highest BCUT2D eigenvalue weighted by atomic mass is 35.5. The number of anilines is 1. The molecule has 1 aliphatic heterocycles. The number of para-hydroxylation sites is 2. The highest BCUT2D eigenvalue weighted by Crippen LogP contribution is 2.28. The SMILES string of the molecule is Cc1nc2ccccc2nc1N1CCN(C(=O)C(C)Oc2ccc(Cl)cc2Cl)CC1. The average molecular weight is 445 g/mol. The molecule has 0 radical (unpaired) electrons. The van der Waals surface area contributed by atoms with Crippen LogP contribution in [0.3, 0.4) is 0 Å². The molecule has 30 heavy (non-hydrogen) atoms. The van der Waals surface area contributed by atoms with E-state index in [0.717, 1.165) is 22.5 Å². The van der Waals surface area contributed by atoms with Gasteiger partial charge in [0.1, 0.15) is 5.75 Å². The van der Waals surface area contributed by atoms with Crippen LogP contribution in [0.25, 0.3) is 11.0 Å². The number of rotatable bonds is 4. The highest BCUT2D eigenvalue weighted by Gasteiger charge is 2.27. The van der Waals surface area contributed by atoms with Crippen molar-refractivity contribution >= 4 is 46.0 Å². The summed E-state index contributed by atoms with van der Waals surface area (Å²) < 4.78 is 5.78. The molecule has 0 spiro atoms. The molecule has 0 N–H and O–H groups in total. The number of carbonyl (C=O) groups is 1. The van der Waals surface area contributed by atoms with Gasteiger partial charge >= 0.3 is 0 Å². The summed E-state index contributed by atoms with van der Waals surface area (Å²) in [6.07, 6.45) is -0.641. The predicted molar refractivity (Wildman–Crippen MR) is 120 cm³/mol. The molecule has 2 heterocycles. The summed E-state index contributed by atoms with van der Waals surface area (Å²) in [5.41, 5.74) is 2.65. The van der Waals surface area contributed by atoms with Crippen LogP contribution in [0.5, 0.6) is 5.75 Å². The summed E-state index contributed by atoms with van der Waals surface area (Å²) in [5, 5.41) is 0.909. The van der Waals surface area contributed by atoms with Gasteiger partial charge in [0.2, 0.25) is 0 Å². The third-order valence-corrected chi connectivity index (χ3v) is 5.69. The number of aryl methyl sites for hydroxylation is 1. The second-order valence-corrected chi connectivity index (χ2v) is 8.11. The lowest BCUT2D eigenvalue weighted by atomic mass is 10.2. The van der Waals surface area contributed by atoms with E-state index in [4.69, 9.17) is 32.9 Å². The Kier molecular flexibility index (Phi) is 5.97. The number of aromatic nitrogens is 2. The van der Waals surface area contributed by atoms with Gasteiger partial charge in [-0.3, -0.25) is 4.79 Å². The first-order chi connectivity index (χ1) is 14.4. The Morgan fingerprint density at radius 2 is 1.70 bits per heavy atom. The number of nitrogens with zero attached hydrogens (tertiary/aromatic N) is 4. The second kappa shape index (κ2) is 8.66. The average Bonchev–Trinajstić information content (AvgIpc) is 2.75. The van der Waals surface area contributed by atoms with Crippen LogP contribution in [0.1, 0.15) is 12.6 Å². The normalized spacial score (nSPS) is 15.3. The van der Waals surface area contributed by atoms with Crippen LogP contribution in [0.15, 0.2) is 42.5 Å². The molecule has 1 unspecified atom stereocenters. The molecule has 6 nitrogen and oxygen atoms in total. The number of benzene rings is 2. The number of hydrogen-bond donors (Lipinski definition) is 0. The molecule has 2 aromatic carbocycles. The number of amides is 1. The summed E-state index contributed by atoms with van der Waals surface area (Å²) in [7, 11) is 0. The van der Waals surface area contributed by atoms with Crippen LogP contribution in [0.4, 0.5) is 5.82 Å². The smallest absolute Gasteiger partial charge is 0.263 e. The molecular formula is C22H22Cl2N4O2. The first-order valence-electron chi connectivity index (χ1n) is 9.81. The molecule has 0 saturated carbocycles. The third-order valence-electron chi connectivity index (χ3n) is 5.16. The molecular weight excluding hydrogens is 423 g/mol. The number of piperazine rings is 1. The van der Waals surface area contributed by atoms with Gasteiger partial charge in [-0.15, -0.1) is 0 Å². The molecule has 3 aromatic rings. The third kappa shape index (κ3) is 4.30. The topological polar surface area (TPSA) is 58.6 Å². The second-order valence-electron chi connectivity index (χ2n) is 7.27. The first-order valence-corrected chi connectivity index (χ1v) is 10.6. The molecule has 4 rings (SSSR count). The standard InChI is InChI=1S/C22H22Cl2N4O2/c1-14-21(26-19-6-4-3-5-18(19)25-14)27-9-11-28(12-10-27)22(29)15(2)30-20-8-7-16(23)13-17(20)24/h3-8,13,15H,9-12H2,1-2H3. The van der Waals surface area contributed by atoms with Crippen molar-refractivity contribution in [3.8, 4) is 5.75 Å².